The second-order valence-electron chi connectivity index (χ2n) is 2.69. The van der Waals surface area contributed by atoms with E-state index in [4.69, 9.17) is 4.84 Å². The highest BCUT2D eigenvalue weighted by atomic mass is 16.7. The summed E-state index contributed by atoms with van der Waals surface area (Å²) in [7, 11) is 4.03. The number of likely N-dealkylation sites (N-methyl/N-ethyl adjacent to an activating group) is 2. The van der Waals surface area contributed by atoms with E-state index in [0.717, 1.165) is 13.3 Å². The Morgan fingerprint density at radius 2 is 2.11 bits per heavy atom. The van der Waals surface area contributed by atoms with Crippen LogP contribution in [0.1, 0.15) is 6.92 Å². The molecule has 54 valence electrons. The van der Waals surface area contributed by atoms with Crippen LogP contribution in [-0.2, 0) is 4.84 Å². The van der Waals surface area contributed by atoms with Crippen molar-refractivity contribution in [3.05, 3.63) is 0 Å². The number of nitrogens with zero attached hydrogens (tertiary/aromatic N) is 2. The maximum absolute atomic E-state index is 5.26. The lowest BCUT2D eigenvalue weighted by atomic mass is 10.3. The van der Waals surface area contributed by atoms with Crippen molar-refractivity contribution in [2.45, 2.75) is 13.0 Å². The smallest absolute Gasteiger partial charge is 0.121 e. The Morgan fingerprint density at radius 3 is 2.56 bits per heavy atom. The van der Waals surface area contributed by atoms with Crippen molar-refractivity contribution >= 4 is 0 Å². The second kappa shape index (κ2) is 2.64. The zero-order valence-corrected chi connectivity index (χ0v) is 6.29. The first-order valence-electron chi connectivity index (χ1n) is 3.24. The van der Waals surface area contributed by atoms with Crippen molar-refractivity contribution in [1.29, 1.82) is 0 Å². The molecule has 3 nitrogen and oxygen atoms in total. The molecule has 0 saturated carbocycles. The third-order valence-corrected chi connectivity index (χ3v) is 1.68. The molecule has 0 aromatic heterocycles. The largest absolute Gasteiger partial charge is 0.283 e. The summed E-state index contributed by atoms with van der Waals surface area (Å²) in [6.45, 7) is 3.97. The van der Waals surface area contributed by atoms with Crippen molar-refractivity contribution in [3.63, 3.8) is 0 Å². The highest BCUT2D eigenvalue weighted by molar-refractivity contribution is 4.63. The van der Waals surface area contributed by atoms with Crippen LogP contribution in [0.25, 0.3) is 0 Å². The minimum atomic E-state index is 0.517. The predicted molar refractivity (Wildman–Crippen MR) is 35.8 cm³/mol. The van der Waals surface area contributed by atoms with Crippen molar-refractivity contribution in [1.82, 2.24) is 9.96 Å². The lowest BCUT2D eigenvalue weighted by molar-refractivity contribution is -0.228. The maximum Gasteiger partial charge on any atom is 0.121 e. The minimum Gasteiger partial charge on any atom is -0.283 e. The van der Waals surface area contributed by atoms with E-state index in [1.165, 1.54) is 0 Å². The average molecular weight is 130 g/mol. The van der Waals surface area contributed by atoms with E-state index in [0.29, 0.717) is 6.04 Å². The van der Waals surface area contributed by atoms with Gasteiger partial charge in [0, 0.05) is 19.6 Å². The van der Waals surface area contributed by atoms with Crippen molar-refractivity contribution < 1.29 is 4.84 Å². The van der Waals surface area contributed by atoms with Crippen LogP contribution in [0.3, 0.4) is 0 Å². The van der Waals surface area contributed by atoms with Crippen molar-refractivity contribution in [3.8, 4) is 0 Å². The van der Waals surface area contributed by atoms with Crippen LogP contribution in [0.2, 0.25) is 0 Å². The van der Waals surface area contributed by atoms with Crippen molar-refractivity contribution in [2.24, 2.45) is 0 Å². The number of hydrogen-bond donors (Lipinski definition) is 0. The lowest BCUT2D eigenvalue weighted by Crippen LogP contribution is -2.46. The lowest BCUT2D eigenvalue weighted by Gasteiger charge is -2.34. The van der Waals surface area contributed by atoms with Crippen LogP contribution < -0.4 is 0 Å². The molecule has 0 amide bonds. The van der Waals surface area contributed by atoms with Crippen LogP contribution in [0, 0.1) is 0 Å². The third kappa shape index (κ3) is 1.64. The Morgan fingerprint density at radius 1 is 1.44 bits per heavy atom. The molecule has 9 heavy (non-hydrogen) atoms. The minimum absolute atomic E-state index is 0.517. The van der Waals surface area contributed by atoms with Gasteiger partial charge in [0.1, 0.15) is 6.73 Å². The van der Waals surface area contributed by atoms with Crippen LogP contribution in [0.4, 0.5) is 0 Å². The number of hydrogen-bond acceptors (Lipinski definition) is 3. The monoisotopic (exact) mass is 130 g/mol. The molecular weight excluding hydrogens is 116 g/mol. The van der Waals surface area contributed by atoms with E-state index in [1.807, 2.05) is 12.1 Å². The topological polar surface area (TPSA) is 15.7 Å². The van der Waals surface area contributed by atoms with Gasteiger partial charge in [0.2, 0.25) is 0 Å². The summed E-state index contributed by atoms with van der Waals surface area (Å²) in [5, 5.41) is 1.90. The number of rotatable bonds is 0. The molecule has 0 radical (unpaired) electrons. The first-order chi connectivity index (χ1) is 4.20. The van der Waals surface area contributed by atoms with Gasteiger partial charge in [-0.3, -0.25) is 9.74 Å². The van der Waals surface area contributed by atoms with Crippen molar-refractivity contribution in [2.75, 3.05) is 27.4 Å². The summed E-state index contributed by atoms with van der Waals surface area (Å²) in [6.07, 6.45) is 0. The van der Waals surface area contributed by atoms with Gasteiger partial charge < -0.3 is 0 Å². The summed E-state index contributed by atoms with van der Waals surface area (Å²) >= 11 is 0. The number of hydroxylamine groups is 2. The summed E-state index contributed by atoms with van der Waals surface area (Å²) in [5.41, 5.74) is 0. The third-order valence-electron chi connectivity index (χ3n) is 1.68. The molecule has 1 aliphatic rings. The van der Waals surface area contributed by atoms with Crippen LogP contribution in [-0.4, -0.2) is 43.4 Å². The molecule has 1 rings (SSSR count). The van der Waals surface area contributed by atoms with Gasteiger partial charge in [0.05, 0.1) is 0 Å². The van der Waals surface area contributed by atoms with Crippen LogP contribution >= 0.6 is 0 Å². The van der Waals surface area contributed by atoms with E-state index in [1.54, 1.807) is 0 Å². The average Bonchev–Trinajstić information content (AvgIpc) is 1.80. The maximum atomic E-state index is 5.26. The Balaban J connectivity index is 2.35. The molecule has 1 saturated heterocycles. The van der Waals surface area contributed by atoms with Crippen LogP contribution in [0.5, 0.6) is 0 Å². The molecule has 1 heterocycles. The van der Waals surface area contributed by atoms with Gasteiger partial charge in [-0.2, -0.15) is 5.06 Å². The molecule has 1 atom stereocenters. The van der Waals surface area contributed by atoms with E-state index < -0.39 is 0 Å². The molecular formula is C6H14N2O. The zero-order chi connectivity index (χ0) is 6.85. The zero-order valence-electron chi connectivity index (χ0n) is 6.29. The highest BCUT2D eigenvalue weighted by Crippen LogP contribution is 2.04. The Kier molecular flexibility index (Phi) is 2.05. The summed E-state index contributed by atoms with van der Waals surface area (Å²) in [5.74, 6) is 0. The first-order valence-corrected chi connectivity index (χ1v) is 3.24. The fourth-order valence-electron chi connectivity index (χ4n) is 0.936. The van der Waals surface area contributed by atoms with Gasteiger partial charge in [-0.25, -0.2) is 0 Å². The van der Waals surface area contributed by atoms with E-state index in [-0.39, 0.29) is 0 Å². The fraction of sp³-hybridized carbons (Fsp3) is 1.00. The first kappa shape index (κ1) is 6.99. The Hall–Kier alpha value is -0.120. The van der Waals surface area contributed by atoms with Gasteiger partial charge in [-0.05, 0) is 14.0 Å². The molecule has 0 aromatic carbocycles. The fourth-order valence-corrected chi connectivity index (χ4v) is 0.936. The SMILES string of the molecule is CC1CN(C)CON1C. The molecule has 1 fully saturated rings. The van der Waals surface area contributed by atoms with Gasteiger partial charge >= 0.3 is 0 Å². The normalized spacial score (nSPS) is 33.0. The van der Waals surface area contributed by atoms with Gasteiger partial charge in [-0.1, -0.05) is 0 Å². The molecule has 3 heteroatoms. The van der Waals surface area contributed by atoms with E-state index >= 15 is 0 Å². The summed E-state index contributed by atoms with van der Waals surface area (Å²) in [6, 6.07) is 0.517. The van der Waals surface area contributed by atoms with Gasteiger partial charge in [0.15, 0.2) is 0 Å². The molecule has 0 N–H and O–H groups in total. The quantitative estimate of drug-likeness (QED) is 0.464. The predicted octanol–water partition coefficient (Wildman–Crippen LogP) is 0.141. The summed E-state index contributed by atoms with van der Waals surface area (Å²) in [4.78, 5) is 7.42. The Labute approximate surface area is 56.1 Å². The van der Waals surface area contributed by atoms with Crippen LogP contribution in [0.15, 0.2) is 0 Å². The molecule has 0 bridgehead atoms. The van der Waals surface area contributed by atoms with E-state index in [2.05, 4.69) is 18.9 Å². The molecule has 0 aromatic rings. The molecule has 1 aliphatic heterocycles. The highest BCUT2D eigenvalue weighted by Gasteiger charge is 2.17. The van der Waals surface area contributed by atoms with E-state index in [9.17, 15) is 0 Å². The Bertz CT molecular complexity index is 97.1. The van der Waals surface area contributed by atoms with Gasteiger partial charge in [-0.15, -0.1) is 0 Å². The summed E-state index contributed by atoms with van der Waals surface area (Å²) < 4.78 is 0. The molecule has 0 aliphatic carbocycles. The van der Waals surface area contributed by atoms with Gasteiger partial charge in [0.25, 0.3) is 0 Å². The molecule has 0 spiro atoms. The second-order valence-corrected chi connectivity index (χ2v) is 2.69. The molecule has 1 unspecified atom stereocenters. The standard InChI is InChI=1S/C6H14N2O/c1-6-4-7(2)5-9-8(6)3/h6H,4-5H2,1-3H3.